The lowest BCUT2D eigenvalue weighted by molar-refractivity contribution is -0.156. The van der Waals surface area contributed by atoms with Gasteiger partial charge in [-0.2, -0.15) is 0 Å². The zero-order chi connectivity index (χ0) is 30.4. The number of halogens is 1. The first-order valence-corrected chi connectivity index (χ1v) is 14.9. The van der Waals surface area contributed by atoms with Crippen molar-refractivity contribution in [1.82, 2.24) is 0 Å². The summed E-state index contributed by atoms with van der Waals surface area (Å²) in [5, 5.41) is 9.19. The van der Waals surface area contributed by atoms with Crippen LogP contribution in [0, 0.1) is 23.2 Å². The van der Waals surface area contributed by atoms with Gasteiger partial charge in [0, 0.05) is 0 Å². The highest BCUT2D eigenvalue weighted by Crippen LogP contribution is 2.54. The number of aliphatic hydroxyl groups is 1. The smallest absolute Gasteiger partial charge is 0.322 e. The second kappa shape index (κ2) is 13.7. The summed E-state index contributed by atoms with van der Waals surface area (Å²) in [6.07, 6.45) is 2.00. The fourth-order valence-corrected chi connectivity index (χ4v) is 6.92. The van der Waals surface area contributed by atoms with Crippen LogP contribution in [0.1, 0.15) is 96.3 Å². The molecule has 5 nitrogen and oxygen atoms in total. The molecule has 0 saturated heterocycles. The summed E-state index contributed by atoms with van der Waals surface area (Å²) in [4.78, 5) is 25.7. The number of carbonyl (C=O) groups excluding carboxylic acids is 2. The molecule has 222 valence electrons. The summed E-state index contributed by atoms with van der Waals surface area (Å²) in [6.45, 7) is 16.6. The standard InChI is InChI=1S/C34H49BrO5/c1-24-15-17-26(18-16-24)28(33(6,7)23-34(8,35)30(38)39-9)21-31(2,3)27(25-13-11-10-12-14-25)22-32(4,5)29(37)40-20-19-36/h10-18,27-28,36H,19-23H2,1-9H3. The molecule has 3 unspecified atom stereocenters. The van der Waals surface area contributed by atoms with Crippen LogP contribution in [-0.2, 0) is 19.1 Å². The normalized spacial score (nSPS) is 15.6. The number of rotatable bonds is 14. The summed E-state index contributed by atoms with van der Waals surface area (Å²) in [6, 6.07) is 19.1. The summed E-state index contributed by atoms with van der Waals surface area (Å²) in [5.74, 6) is -0.431. The quantitative estimate of drug-likeness (QED) is 0.172. The molecular formula is C34H49BrO5. The number of aryl methyl sites for hydroxylation is 1. The van der Waals surface area contributed by atoms with E-state index in [-0.39, 0.29) is 47.8 Å². The van der Waals surface area contributed by atoms with E-state index in [0.717, 1.165) is 6.42 Å². The van der Waals surface area contributed by atoms with Gasteiger partial charge in [0.1, 0.15) is 10.9 Å². The van der Waals surface area contributed by atoms with Gasteiger partial charge in [0.05, 0.1) is 19.1 Å². The van der Waals surface area contributed by atoms with Crippen LogP contribution in [0.25, 0.3) is 0 Å². The number of aliphatic hydroxyl groups excluding tert-OH is 1. The van der Waals surface area contributed by atoms with Gasteiger partial charge in [-0.25, -0.2) is 0 Å². The van der Waals surface area contributed by atoms with Crippen LogP contribution in [-0.4, -0.2) is 41.7 Å². The lowest BCUT2D eigenvalue weighted by Gasteiger charge is -2.46. The molecule has 0 radical (unpaired) electrons. The van der Waals surface area contributed by atoms with Gasteiger partial charge in [-0.3, -0.25) is 9.59 Å². The lowest BCUT2D eigenvalue weighted by atomic mass is 9.59. The molecule has 1 N–H and O–H groups in total. The van der Waals surface area contributed by atoms with Crippen molar-refractivity contribution < 1.29 is 24.2 Å². The minimum absolute atomic E-state index is 0.00312. The van der Waals surface area contributed by atoms with E-state index in [4.69, 9.17) is 9.47 Å². The van der Waals surface area contributed by atoms with Crippen molar-refractivity contribution in [3.8, 4) is 0 Å². The van der Waals surface area contributed by atoms with E-state index in [2.05, 4.69) is 86.9 Å². The van der Waals surface area contributed by atoms with E-state index in [1.54, 1.807) is 0 Å². The maximum absolute atomic E-state index is 13.0. The van der Waals surface area contributed by atoms with Crippen LogP contribution in [0.5, 0.6) is 0 Å². The van der Waals surface area contributed by atoms with Crippen molar-refractivity contribution >= 4 is 27.9 Å². The average molecular weight is 618 g/mol. The van der Waals surface area contributed by atoms with Crippen LogP contribution < -0.4 is 0 Å². The van der Waals surface area contributed by atoms with Gasteiger partial charge in [0.2, 0.25) is 0 Å². The maximum Gasteiger partial charge on any atom is 0.322 e. The SMILES string of the molecule is COC(=O)C(C)(Br)CC(C)(C)C(CC(C)(C)C(CC(C)(C)C(=O)OCCO)c1ccccc1)c1ccc(C)cc1. The third kappa shape index (κ3) is 8.91. The highest BCUT2D eigenvalue weighted by atomic mass is 79.9. The number of hydrogen-bond acceptors (Lipinski definition) is 5. The topological polar surface area (TPSA) is 72.8 Å². The van der Waals surface area contributed by atoms with Crippen molar-refractivity contribution in [2.24, 2.45) is 16.2 Å². The molecule has 3 atom stereocenters. The molecule has 0 spiro atoms. The fourth-order valence-electron chi connectivity index (χ4n) is 6.03. The largest absolute Gasteiger partial charge is 0.468 e. The molecule has 0 aliphatic heterocycles. The zero-order valence-corrected chi connectivity index (χ0v) is 27.4. The number of alkyl halides is 1. The number of ether oxygens (including phenoxy) is 2. The molecule has 0 saturated carbocycles. The third-order valence-electron chi connectivity index (χ3n) is 8.29. The van der Waals surface area contributed by atoms with E-state index in [1.807, 2.05) is 39.0 Å². The molecule has 2 aromatic rings. The molecule has 6 heteroatoms. The Morgan fingerprint density at radius 2 is 1.32 bits per heavy atom. The minimum Gasteiger partial charge on any atom is -0.468 e. The summed E-state index contributed by atoms with van der Waals surface area (Å²) in [5.41, 5.74) is 2.33. The average Bonchev–Trinajstić information content (AvgIpc) is 2.88. The van der Waals surface area contributed by atoms with Gasteiger partial charge in [-0.15, -0.1) is 0 Å². The Balaban J connectivity index is 2.57. The number of methoxy groups -OCH3 is 1. The first-order chi connectivity index (χ1) is 18.5. The van der Waals surface area contributed by atoms with E-state index < -0.39 is 9.74 Å². The van der Waals surface area contributed by atoms with E-state index in [9.17, 15) is 14.7 Å². The van der Waals surface area contributed by atoms with Crippen LogP contribution in [0.2, 0.25) is 0 Å². The molecular weight excluding hydrogens is 568 g/mol. The van der Waals surface area contributed by atoms with Crippen molar-refractivity contribution in [2.75, 3.05) is 20.3 Å². The Labute approximate surface area is 250 Å². The Kier molecular flexibility index (Phi) is 11.6. The predicted molar refractivity (Wildman–Crippen MR) is 166 cm³/mol. The van der Waals surface area contributed by atoms with Crippen molar-refractivity contribution in [2.45, 2.75) is 90.8 Å². The summed E-state index contributed by atoms with van der Waals surface area (Å²) in [7, 11) is 1.42. The Hall–Kier alpha value is -2.18. The van der Waals surface area contributed by atoms with E-state index >= 15 is 0 Å². The van der Waals surface area contributed by atoms with Crippen molar-refractivity contribution in [3.05, 3.63) is 71.3 Å². The van der Waals surface area contributed by atoms with Gasteiger partial charge in [-0.1, -0.05) is 104 Å². The summed E-state index contributed by atoms with van der Waals surface area (Å²) >= 11 is 3.67. The molecule has 0 aliphatic rings. The monoisotopic (exact) mass is 616 g/mol. The molecule has 0 heterocycles. The molecule has 0 bridgehead atoms. The molecule has 0 aromatic heterocycles. The van der Waals surface area contributed by atoms with Crippen LogP contribution >= 0.6 is 15.9 Å². The summed E-state index contributed by atoms with van der Waals surface area (Å²) < 4.78 is 9.67. The zero-order valence-electron chi connectivity index (χ0n) is 25.8. The Morgan fingerprint density at radius 3 is 1.85 bits per heavy atom. The highest BCUT2D eigenvalue weighted by Gasteiger charge is 2.46. The second-order valence-corrected chi connectivity index (χ2v) is 15.2. The van der Waals surface area contributed by atoms with Gasteiger partial charge in [0.25, 0.3) is 0 Å². The van der Waals surface area contributed by atoms with Gasteiger partial charge in [-0.05, 0) is 80.8 Å². The maximum atomic E-state index is 13.0. The van der Waals surface area contributed by atoms with Crippen LogP contribution in [0.4, 0.5) is 0 Å². The third-order valence-corrected chi connectivity index (χ3v) is 8.89. The van der Waals surface area contributed by atoms with Crippen LogP contribution in [0.15, 0.2) is 54.6 Å². The predicted octanol–water partition coefficient (Wildman–Crippen LogP) is 7.97. The number of esters is 2. The highest BCUT2D eigenvalue weighted by molar-refractivity contribution is 9.10. The number of hydrogen-bond donors (Lipinski definition) is 1. The molecule has 0 amide bonds. The van der Waals surface area contributed by atoms with Gasteiger partial charge < -0.3 is 14.6 Å². The molecule has 0 aliphatic carbocycles. The van der Waals surface area contributed by atoms with Gasteiger partial charge in [0.15, 0.2) is 0 Å². The van der Waals surface area contributed by atoms with E-state index in [0.29, 0.717) is 12.8 Å². The Morgan fingerprint density at radius 1 is 0.800 bits per heavy atom. The minimum atomic E-state index is -0.824. The van der Waals surface area contributed by atoms with E-state index in [1.165, 1.54) is 23.8 Å². The van der Waals surface area contributed by atoms with Crippen molar-refractivity contribution in [1.29, 1.82) is 0 Å². The Bertz CT molecular complexity index is 1100. The molecule has 2 rings (SSSR count). The number of carbonyl (C=O) groups is 2. The second-order valence-electron chi connectivity index (χ2n) is 13.4. The van der Waals surface area contributed by atoms with Gasteiger partial charge >= 0.3 is 11.9 Å². The molecule has 40 heavy (non-hydrogen) atoms. The van der Waals surface area contributed by atoms with Crippen molar-refractivity contribution in [3.63, 3.8) is 0 Å². The number of benzene rings is 2. The first-order valence-electron chi connectivity index (χ1n) is 14.1. The molecule has 0 fully saturated rings. The lowest BCUT2D eigenvalue weighted by Crippen LogP contribution is -2.40. The molecule has 2 aromatic carbocycles. The first kappa shape index (κ1) is 34.0. The van der Waals surface area contributed by atoms with Crippen LogP contribution in [0.3, 0.4) is 0 Å². The fraction of sp³-hybridized carbons (Fsp3) is 0.588.